The molecule has 1 heterocycles. The predicted octanol–water partition coefficient (Wildman–Crippen LogP) is 2.30. The number of nitrogens with two attached hydrogens (primary N) is 1. The first kappa shape index (κ1) is 14.5. The van der Waals surface area contributed by atoms with Gasteiger partial charge in [-0.3, -0.25) is 0 Å². The Balaban J connectivity index is 2.22. The first-order chi connectivity index (χ1) is 9.36. The molecule has 0 saturated heterocycles. The highest BCUT2D eigenvalue weighted by molar-refractivity contribution is 7.90. The molecular weight excluding hydrogens is 276 g/mol. The normalized spacial score (nSPS) is 12.9. The van der Waals surface area contributed by atoms with Crippen molar-refractivity contribution in [2.45, 2.75) is 17.9 Å². The van der Waals surface area contributed by atoms with E-state index in [-0.39, 0.29) is 10.9 Å². The summed E-state index contributed by atoms with van der Waals surface area (Å²) < 4.78 is 28.5. The van der Waals surface area contributed by atoms with Crippen molar-refractivity contribution in [3.63, 3.8) is 0 Å². The van der Waals surface area contributed by atoms with E-state index in [1.165, 1.54) is 12.1 Å². The van der Waals surface area contributed by atoms with Crippen molar-refractivity contribution in [1.82, 2.24) is 4.98 Å². The van der Waals surface area contributed by atoms with Gasteiger partial charge in [0.25, 0.3) is 0 Å². The Morgan fingerprint density at radius 3 is 2.55 bits per heavy atom. The van der Waals surface area contributed by atoms with Gasteiger partial charge >= 0.3 is 0 Å². The zero-order valence-electron chi connectivity index (χ0n) is 11.3. The van der Waals surface area contributed by atoms with Crippen LogP contribution in [0.25, 0.3) is 0 Å². The van der Waals surface area contributed by atoms with Crippen molar-refractivity contribution >= 4 is 9.84 Å². The van der Waals surface area contributed by atoms with Gasteiger partial charge in [0.2, 0.25) is 5.88 Å². The van der Waals surface area contributed by atoms with E-state index in [0.29, 0.717) is 11.6 Å². The monoisotopic (exact) mass is 292 g/mol. The molecule has 1 atom stereocenters. The lowest BCUT2D eigenvalue weighted by atomic mass is 10.2. The number of aromatic nitrogens is 1. The van der Waals surface area contributed by atoms with Crippen LogP contribution in [0, 0.1) is 0 Å². The summed E-state index contributed by atoms with van der Waals surface area (Å²) in [6.45, 7) is 1.87. The minimum absolute atomic E-state index is 0.0925. The van der Waals surface area contributed by atoms with Crippen LogP contribution in [0.1, 0.15) is 18.5 Å². The van der Waals surface area contributed by atoms with Gasteiger partial charge in [-0.2, -0.15) is 0 Å². The summed E-state index contributed by atoms with van der Waals surface area (Å²) in [5.74, 6) is 0.814. The number of ether oxygens (including phenoxy) is 1. The molecule has 0 amide bonds. The van der Waals surface area contributed by atoms with Crippen LogP contribution in [0.2, 0.25) is 0 Å². The van der Waals surface area contributed by atoms with Gasteiger partial charge in [-0.25, -0.2) is 13.4 Å². The molecule has 0 aliphatic rings. The van der Waals surface area contributed by atoms with Crippen LogP contribution >= 0.6 is 0 Å². The molecule has 1 aromatic heterocycles. The van der Waals surface area contributed by atoms with Crippen LogP contribution in [0.4, 0.5) is 0 Å². The fraction of sp³-hybridized carbons (Fsp3) is 0.214. The van der Waals surface area contributed by atoms with Crippen molar-refractivity contribution < 1.29 is 13.2 Å². The molecule has 0 bridgehead atoms. The minimum Gasteiger partial charge on any atom is -0.439 e. The standard InChI is InChI=1S/C14H16N2O3S/c1-10(15)11-6-7-14(16-9-11)19-12-4-3-5-13(8-12)20(2,17)18/h3-10H,15H2,1-2H3/t10-/m0/s1. The molecule has 0 aliphatic carbocycles. The van der Waals surface area contributed by atoms with Crippen LogP contribution in [-0.4, -0.2) is 19.7 Å². The lowest BCUT2D eigenvalue weighted by molar-refractivity contribution is 0.460. The maximum absolute atomic E-state index is 11.5. The largest absolute Gasteiger partial charge is 0.439 e. The van der Waals surface area contributed by atoms with Crippen molar-refractivity contribution in [3.05, 3.63) is 48.2 Å². The van der Waals surface area contributed by atoms with Gasteiger partial charge in [0.05, 0.1) is 4.90 Å². The molecule has 6 heteroatoms. The molecule has 106 valence electrons. The van der Waals surface area contributed by atoms with Crippen LogP contribution in [0.15, 0.2) is 47.5 Å². The van der Waals surface area contributed by atoms with Crippen LogP contribution in [-0.2, 0) is 9.84 Å². The third-order valence-corrected chi connectivity index (χ3v) is 3.85. The maximum Gasteiger partial charge on any atom is 0.219 e. The molecule has 0 spiro atoms. The van der Waals surface area contributed by atoms with Crippen LogP contribution in [0.3, 0.4) is 0 Å². The van der Waals surface area contributed by atoms with Gasteiger partial charge in [-0.15, -0.1) is 0 Å². The first-order valence-corrected chi connectivity index (χ1v) is 7.95. The van der Waals surface area contributed by atoms with E-state index >= 15 is 0 Å². The third kappa shape index (κ3) is 3.55. The van der Waals surface area contributed by atoms with Gasteiger partial charge < -0.3 is 10.5 Å². The summed E-state index contributed by atoms with van der Waals surface area (Å²) in [4.78, 5) is 4.35. The Labute approximate surface area is 118 Å². The second-order valence-electron chi connectivity index (χ2n) is 4.57. The Bertz CT molecular complexity index is 695. The highest BCUT2D eigenvalue weighted by Gasteiger charge is 2.09. The summed E-state index contributed by atoms with van der Waals surface area (Å²) in [5, 5.41) is 0. The fourth-order valence-corrected chi connectivity index (χ4v) is 2.27. The molecule has 1 aromatic carbocycles. The number of pyridine rings is 1. The average Bonchev–Trinajstić information content (AvgIpc) is 2.38. The molecular formula is C14H16N2O3S. The van der Waals surface area contributed by atoms with Crippen LogP contribution < -0.4 is 10.5 Å². The van der Waals surface area contributed by atoms with Crippen molar-refractivity contribution in [1.29, 1.82) is 0 Å². The zero-order chi connectivity index (χ0) is 14.8. The molecule has 20 heavy (non-hydrogen) atoms. The Morgan fingerprint density at radius 2 is 2.00 bits per heavy atom. The molecule has 2 N–H and O–H groups in total. The summed E-state index contributed by atoms with van der Waals surface area (Å²) in [5.41, 5.74) is 6.64. The van der Waals surface area contributed by atoms with Crippen molar-refractivity contribution in [3.8, 4) is 11.6 Å². The molecule has 0 fully saturated rings. The summed E-state index contributed by atoms with van der Waals surface area (Å²) in [7, 11) is -3.25. The maximum atomic E-state index is 11.5. The molecule has 0 aliphatic heterocycles. The third-order valence-electron chi connectivity index (χ3n) is 2.74. The van der Waals surface area contributed by atoms with Gasteiger partial charge in [0, 0.05) is 24.6 Å². The quantitative estimate of drug-likeness (QED) is 0.935. The van der Waals surface area contributed by atoms with E-state index in [1.807, 2.05) is 13.0 Å². The molecule has 5 nitrogen and oxygen atoms in total. The molecule has 0 saturated carbocycles. The number of benzene rings is 1. The highest BCUT2D eigenvalue weighted by Crippen LogP contribution is 2.23. The van der Waals surface area contributed by atoms with E-state index in [9.17, 15) is 8.42 Å². The summed E-state index contributed by atoms with van der Waals surface area (Å²) >= 11 is 0. The SMILES string of the molecule is C[C@H](N)c1ccc(Oc2cccc(S(C)(=O)=O)c2)nc1. The zero-order valence-corrected chi connectivity index (χ0v) is 12.1. The summed E-state index contributed by atoms with van der Waals surface area (Å²) in [6, 6.07) is 9.73. The van der Waals surface area contributed by atoms with E-state index in [4.69, 9.17) is 10.5 Å². The summed E-state index contributed by atoms with van der Waals surface area (Å²) in [6.07, 6.45) is 2.79. The van der Waals surface area contributed by atoms with Crippen molar-refractivity contribution in [2.24, 2.45) is 5.73 Å². The molecule has 0 unspecified atom stereocenters. The van der Waals surface area contributed by atoms with Gasteiger partial charge in [-0.1, -0.05) is 12.1 Å². The van der Waals surface area contributed by atoms with Crippen LogP contribution in [0.5, 0.6) is 11.6 Å². The number of nitrogens with zero attached hydrogens (tertiary/aromatic N) is 1. The fourth-order valence-electron chi connectivity index (χ4n) is 1.61. The van der Waals surface area contributed by atoms with E-state index in [1.54, 1.807) is 24.4 Å². The van der Waals surface area contributed by atoms with Gasteiger partial charge in [0.1, 0.15) is 5.75 Å². The lowest BCUT2D eigenvalue weighted by Gasteiger charge is -2.08. The first-order valence-electron chi connectivity index (χ1n) is 6.06. The minimum atomic E-state index is -3.25. The molecule has 2 aromatic rings. The predicted molar refractivity (Wildman–Crippen MR) is 76.5 cm³/mol. The number of hydrogen-bond acceptors (Lipinski definition) is 5. The highest BCUT2D eigenvalue weighted by atomic mass is 32.2. The molecule has 0 radical (unpaired) electrons. The van der Waals surface area contributed by atoms with Gasteiger partial charge in [-0.05, 0) is 30.7 Å². The Morgan fingerprint density at radius 1 is 1.25 bits per heavy atom. The van der Waals surface area contributed by atoms with Crippen molar-refractivity contribution in [2.75, 3.05) is 6.26 Å². The second-order valence-corrected chi connectivity index (χ2v) is 6.58. The lowest BCUT2D eigenvalue weighted by Crippen LogP contribution is -2.05. The van der Waals surface area contributed by atoms with E-state index in [0.717, 1.165) is 11.8 Å². The van der Waals surface area contributed by atoms with E-state index < -0.39 is 9.84 Å². The Hall–Kier alpha value is -1.92. The molecule has 2 rings (SSSR count). The smallest absolute Gasteiger partial charge is 0.219 e. The number of hydrogen-bond donors (Lipinski definition) is 1. The second kappa shape index (κ2) is 5.60. The number of sulfone groups is 1. The topological polar surface area (TPSA) is 82.3 Å². The Kier molecular flexibility index (Phi) is 4.06. The van der Waals surface area contributed by atoms with Gasteiger partial charge in [0.15, 0.2) is 9.84 Å². The number of rotatable bonds is 4. The average molecular weight is 292 g/mol. The van der Waals surface area contributed by atoms with E-state index in [2.05, 4.69) is 4.98 Å².